The van der Waals surface area contributed by atoms with Crippen LogP contribution >= 0.6 is 0 Å². The SMILES string of the molecule is c1cncc(Cc2ccc(NCc3c[nH]c4ccccc34)cc2)c1. The average Bonchev–Trinajstić information content (AvgIpc) is 3.05. The third-order valence-corrected chi connectivity index (χ3v) is 4.24. The summed E-state index contributed by atoms with van der Waals surface area (Å²) in [4.78, 5) is 7.48. The summed E-state index contributed by atoms with van der Waals surface area (Å²) in [5, 5.41) is 4.77. The van der Waals surface area contributed by atoms with Crippen LogP contribution in [-0.4, -0.2) is 9.97 Å². The molecule has 3 heteroatoms. The lowest BCUT2D eigenvalue weighted by molar-refractivity contribution is 1.13. The number of hydrogen-bond acceptors (Lipinski definition) is 2. The van der Waals surface area contributed by atoms with E-state index in [1.807, 2.05) is 12.3 Å². The lowest BCUT2D eigenvalue weighted by atomic mass is 10.1. The standard InChI is InChI=1S/C21H19N3/c1-2-6-21-20(5-1)18(15-24-21)14-23-19-9-7-16(8-10-19)12-17-4-3-11-22-13-17/h1-11,13,15,23-24H,12,14H2. The summed E-state index contributed by atoms with van der Waals surface area (Å²) < 4.78 is 0. The van der Waals surface area contributed by atoms with Gasteiger partial charge in [-0.3, -0.25) is 4.98 Å². The number of fused-ring (bicyclic) bond motifs is 1. The molecule has 118 valence electrons. The van der Waals surface area contributed by atoms with E-state index in [2.05, 4.69) is 76.1 Å². The Hall–Kier alpha value is -3.07. The summed E-state index contributed by atoms with van der Waals surface area (Å²) >= 11 is 0. The topological polar surface area (TPSA) is 40.7 Å². The first-order chi connectivity index (χ1) is 11.9. The molecule has 0 unspecified atom stereocenters. The molecule has 0 aliphatic rings. The van der Waals surface area contributed by atoms with Crippen LogP contribution in [0.2, 0.25) is 0 Å². The second-order valence-corrected chi connectivity index (χ2v) is 5.95. The van der Waals surface area contributed by atoms with Gasteiger partial charge in [-0.25, -0.2) is 0 Å². The molecule has 0 bridgehead atoms. The zero-order valence-electron chi connectivity index (χ0n) is 13.4. The highest BCUT2D eigenvalue weighted by atomic mass is 14.9. The molecule has 2 N–H and O–H groups in total. The minimum absolute atomic E-state index is 0.811. The van der Waals surface area contributed by atoms with Crippen LogP contribution in [0.1, 0.15) is 16.7 Å². The van der Waals surface area contributed by atoms with Crippen LogP contribution in [0.3, 0.4) is 0 Å². The third kappa shape index (κ3) is 3.15. The fraction of sp³-hybridized carbons (Fsp3) is 0.0952. The molecule has 2 aromatic heterocycles. The molecular formula is C21H19N3. The van der Waals surface area contributed by atoms with Crippen molar-refractivity contribution in [2.24, 2.45) is 0 Å². The van der Waals surface area contributed by atoms with Crippen molar-refractivity contribution in [3.05, 3.63) is 95.9 Å². The van der Waals surface area contributed by atoms with E-state index in [9.17, 15) is 0 Å². The van der Waals surface area contributed by atoms with Gasteiger partial charge in [0.2, 0.25) is 0 Å². The fourth-order valence-electron chi connectivity index (χ4n) is 2.95. The molecule has 3 nitrogen and oxygen atoms in total. The summed E-state index contributed by atoms with van der Waals surface area (Å²) in [7, 11) is 0. The molecule has 0 saturated heterocycles. The van der Waals surface area contributed by atoms with Crippen molar-refractivity contribution in [1.29, 1.82) is 0 Å². The first-order valence-electron chi connectivity index (χ1n) is 8.15. The molecule has 0 amide bonds. The van der Waals surface area contributed by atoms with Crippen molar-refractivity contribution in [3.63, 3.8) is 0 Å². The van der Waals surface area contributed by atoms with Crippen molar-refractivity contribution in [2.45, 2.75) is 13.0 Å². The van der Waals surface area contributed by atoms with E-state index in [0.29, 0.717) is 0 Å². The molecule has 0 aliphatic carbocycles. The first kappa shape index (κ1) is 14.5. The highest BCUT2D eigenvalue weighted by Gasteiger charge is 2.03. The molecule has 2 heterocycles. The number of para-hydroxylation sites is 1. The highest BCUT2D eigenvalue weighted by molar-refractivity contribution is 5.83. The summed E-state index contributed by atoms with van der Waals surface area (Å²) in [6.07, 6.45) is 6.72. The van der Waals surface area contributed by atoms with E-state index in [4.69, 9.17) is 0 Å². The molecule has 0 spiro atoms. The Labute approximate surface area is 141 Å². The number of anilines is 1. The molecule has 0 fully saturated rings. The minimum atomic E-state index is 0.811. The Bertz CT molecular complexity index is 924. The van der Waals surface area contributed by atoms with E-state index >= 15 is 0 Å². The lowest BCUT2D eigenvalue weighted by Gasteiger charge is -2.07. The molecule has 0 aliphatic heterocycles. The molecule has 4 rings (SSSR count). The summed E-state index contributed by atoms with van der Waals surface area (Å²) in [5.41, 5.74) is 6.12. The number of H-pyrrole nitrogens is 1. The zero-order chi connectivity index (χ0) is 16.2. The molecule has 0 saturated carbocycles. The maximum atomic E-state index is 4.17. The fourth-order valence-corrected chi connectivity index (χ4v) is 2.95. The smallest absolute Gasteiger partial charge is 0.0457 e. The molecule has 24 heavy (non-hydrogen) atoms. The number of nitrogens with zero attached hydrogens (tertiary/aromatic N) is 1. The summed E-state index contributed by atoms with van der Waals surface area (Å²) in [6, 6.07) is 21.1. The number of benzene rings is 2. The van der Waals surface area contributed by atoms with Gasteiger partial charge >= 0.3 is 0 Å². The predicted molar refractivity (Wildman–Crippen MR) is 99.1 cm³/mol. The Morgan fingerprint density at radius 1 is 0.875 bits per heavy atom. The predicted octanol–water partition coefficient (Wildman–Crippen LogP) is 4.77. The highest BCUT2D eigenvalue weighted by Crippen LogP contribution is 2.19. The van der Waals surface area contributed by atoms with Gasteiger partial charge in [-0.05, 0) is 47.4 Å². The van der Waals surface area contributed by atoms with Crippen LogP contribution in [0.25, 0.3) is 10.9 Å². The Morgan fingerprint density at radius 2 is 1.75 bits per heavy atom. The van der Waals surface area contributed by atoms with Crippen molar-refractivity contribution in [3.8, 4) is 0 Å². The van der Waals surface area contributed by atoms with Gasteiger partial charge in [-0.1, -0.05) is 36.4 Å². The number of hydrogen-bond donors (Lipinski definition) is 2. The van der Waals surface area contributed by atoms with Crippen LogP contribution in [-0.2, 0) is 13.0 Å². The van der Waals surface area contributed by atoms with Crippen molar-refractivity contribution in [1.82, 2.24) is 9.97 Å². The Morgan fingerprint density at radius 3 is 2.58 bits per heavy atom. The van der Waals surface area contributed by atoms with Crippen LogP contribution in [0, 0.1) is 0 Å². The Balaban J connectivity index is 1.42. The third-order valence-electron chi connectivity index (χ3n) is 4.24. The first-order valence-corrected chi connectivity index (χ1v) is 8.15. The van der Waals surface area contributed by atoms with Gasteiger partial charge in [0, 0.05) is 41.7 Å². The van der Waals surface area contributed by atoms with Gasteiger partial charge in [0.05, 0.1) is 0 Å². The average molecular weight is 313 g/mol. The van der Waals surface area contributed by atoms with Gasteiger partial charge in [-0.2, -0.15) is 0 Å². The van der Waals surface area contributed by atoms with E-state index in [0.717, 1.165) is 18.7 Å². The van der Waals surface area contributed by atoms with E-state index < -0.39 is 0 Å². The molecule has 2 aromatic carbocycles. The Kier molecular flexibility index (Phi) is 3.98. The van der Waals surface area contributed by atoms with Gasteiger partial charge in [0.15, 0.2) is 0 Å². The van der Waals surface area contributed by atoms with Crippen LogP contribution in [0.15, 0.2) is 79.3 Å². The number of rotatable bonds is 5. The quantitative estimate of drug-likeness (QED) is 0.557. The normalized spacial score (nSPS) is 10.8. The van der Waals surface area contributed by atoms with Gasteiger partial charge in [-0.15, -0.1) is 0 Å². The lowest BCUT2D eigenvalue weighted by Crippen LogP contribution is -1.99. The summed E-state index contributed by atoms with van der Waals surface area (Å²) in [6.45, 7) is 0.811. The number of aromatic amines is 1. The maximum Gasteiger partial charge on any atom is 0.0457 e. The summed E-state index contributed by atoms with van der Waals surface area (Å²) in [5.74, 6) is 0. The van der Waals surface area contributed by atoms with Gasteiger partial charge < -0.3 is 10.3 Å². The zero-order valence-corrected chi connectivity index (χ0v) is 13.4. The van der Waals surface area contributed by atoms with E-state index in [-0.39, 0.29) is 0 Å². The largest absolute Gasteiger partial charge is 0.381 e. The van der Waals surface area contributed by atoms with Gasteiger partial charge in [0.1, 0.15) is 0 Å². The maximum absolute atomic E-state index is 4.17. The second-order valence-electron chi connectivity index (χ2n) is 5.95. The second kappa shape index (κ2) is 6.59. The molecular weight excluding hydrogens is 294 g/mol. The number of nitrogens with one attached hydrogen (secondary N) is 2. The van der Waals surface area contributed by atoms with E-state index in [1.54, 1.807) is 6.20 Å². The molecule has 4 aromatic rings. The monoisotopic (exact) mass is 313 g/mol. The van der Waals surface area contributed by atoms with Crippen molar-refractivity contribution >= 4 is 16.6 Å². The molecule has 0 atom stereocenters. The number of aromatic nitrogens is 2. The van der Waals surface area contributed by atoms with Crippen molar-refractivity contribution in [2.75, 3.05) is 5.32 Å². The van der Waals surface area contributed by atoms with Crippen LogP contribution in [0.4, 0.5) is 5.69 Å². The van der Waals surface area contributed by atoms with E-state index in [1.165, 1.54) is 27.6 Å². The van der Waals surface area contributed by atoms with Crippen molar-refractivity contribution < 1.29 is 0 Å². The number of pyridine rings is 1. The van der Waals surface area contributed by atoms with Crippen LogP contribution in [0.5, 0.6) is 0 Å². The van der Waals surface area contributed by atoms with Crippen LogP contribution < -0.4 is 5.32 Å². The minimum Gasteiger partial charge on any atom is -0.381 e. The van der Waals surface area contributed by atoms with Gasteiger partial charge in [0.25, 0.3) is 0 Å². The molecule has 0 radical (unpaired) electrons.